The quantitative estimate of drug-likeness (QED) is 0.616. The number of hydrogen-bond donors (Lipinski definition) is 4. The molecular weight excluding hydrogens is 342 g/mol. The lowest BCUT2D eigenvalue weighted by Crippen LogP contribution is -2.42. The topological polar surface area (TPSA) is 132 Å². The fourth-order valence-electron chi connectivity index (χ4n) is 3.49. The van der Waals surface area contributed by atoms with Crippen LogP contribution in [0.3, 0.4) is 0 Å². The summed E-state index contributed by atoms with van der Waals surface area (Å²) in [5.74, 6) is 0.853. The van der Waals surface area contributed by atoms with E-state index in [2.05, 4.69) is 25.6 Å². The molecule has 0 aromatic carbocycles. The van der Waals surface area contributed by atoms with Crippen molar-refractivity contribution < 1.29 is 4.79 Å². The van der Waals surface area contributed by atoms with E-state index in [1.165, 1.54) is 19.0 Å². The second-order valence-corrected chi connectivity index (χ2v) is 7.39. The van der Waals surface area contributed by atoms with Gasteiger partial charge in [-0.15, -0.1) is 0 Å². The first-order chi connectivity index (χ1) is 13.1. The van der Waals surface area contributed by atoms with Crippen molar-refractivity contribution in [2.75, 3.05) is 10.6 Å². The highest BCUT2D eigenvalue weighted by molar-refractivity contribution is 5.96. The van der Waals surface area contributed by atoms with Gasteiger partial charge in [0.25, 0.3) is 5.91 Å². The average molecular weight is 367 g/mol. The zero-order valence-corrected chi connectivity index (χ0v) is 15.2. The van der Waals surface area contributed by atoms with Crippen molar-refractivity contribution in [2.45, 2.75) is 56.5 Å². The number of amides is 1. The molecule has 2 unspecified atom stereocenters. The van der Waals surface area contributed by atoms with E-state index in [0.717, 1.165) is 37.1 Å². The molecule has 2 aromatic rings. The van der Waals surface area contributed by atoms with E-state index in [0.29, 0.717) is 17.6 Å². The predicted octanol–water partition coefficient (Wildman–Crippen LogP) is 2.27. The van der Waals surface area contributed by atoms with Crippen LogP contribution in [-0.4, -0.2) is 32.9 Å². The molecule has 4 rings (SSSR count). The maximum absolute atomic E-state index is 11.7. The molecule has 2 aliphatic carbocycles. The van der Waals surface area contributed by atoms with E-state index in [1.807, 2.05) is 12.1 Å². The van der Waals surface area contributed by atoms with Crippen LogP contribution in [0.5, 0.6) is 0 Å². The zero-order chi connectivity index (χ0) is 18.8. The first-order valence-electron chi connectivity index (χ1n) is 9.52. The third-order valence-corrected chi connectivity index (χ3v) is 5.20. The second kappa shape index (κ2) is 7.48. The highest BCUT2D eigenvalue weighted by Crippen LogP contribution is 2.39. The summed E-state index contributed by atoms with van der Waals surface area (Å²) in [6.45, 7) is 0. The van der Waals surface area contributed by atoms with Crippen molar-refractivity contribution in [2.24, 2.45) is 11.5 Å². The SMILES string of the molecule is NC(=O)c1ncc(NC2CCCCC2N)nc1Nc1ccc(C2CC2)nc1. The van der Waals surface area contributed by atoms with Crippen molar-refractivity contribution in [3.63, 3.8) is 0 Å². The highest BCUT2D eigenvalue weighted by atomic mass is 16.1. The van der Waals surface area contributed by atoms with Crippen LogP contribution in [0.15, 0.2) is 24.5 Å². The molecule has 1 amide bonds. The average Bonchev–Trinajstić information content (AvgIpc) is 3.49. The number of carbonyl (C=O) groups is 1. The van der Waals surface area contributed by atoms with Crippen LogP contribution in [0.4, 0.5) is 17.3 Å². The maximum atomic E-state index is 11.7. The highest BCUT2D eigenvalue weighted by Gasteiger charge is 2.25. The van der Waals surface area contributed by atoms with Crippen LogP contribution in [0.1, 0.15) is 60.6 Å². The molecule has 2 heterocycles. The monoisotopic (exact) mass is 367 g/mol. The van der Waals surface area contributed by atoms with Gasteiger partial charge in [0.15, 0.2) is 11.5 Å². The third kappa shape index (κ3) is 4.16. The normalized spacial score (nSPS) is 22.3. The van der Waals surface area contributed by atoms with Gasteiger partial charge in [-0.1, -0.05) is 12.8 Å². The number of nitrogens with two attached hydrogens (primary N) is 2. The smallest absolute Gasteiger partial charge is 0.271 e. The van der Waals surface area contributed by atoms with Crippen molar-refractivity contribution in [3.05, 3.63) is 35.9 Å². The third-order valence-electron chi connectivity index (χ3n) is 5.20. The minimum atomic E-state index is -0.631. The molecular formula is C19H25N7O. The van der Waals surface area contributed by atoms with Crippen LogP contribution < -0.4 is 22.1 Å². The molecule has 142 valence electrons. The van der Waals surface area contributed by atoms with Gasteiger partial charge in [0.05, 0.1) is 18.1 Å². The van der Waals surface area contributed by atoms with Gasteiger partial charge in [-0.25, -0.2) is 9.97 Å². The van der Waals surface area contributed by atoms with Gasteiger partial charge in [-0.2, -0.15) is 0 Å². The molecule has 8 heteroatoms. The molecule has 0 spiro atoms. The van der Waals surface area contributed by atoms with E-state index in [4.69, 9.17) is 11.5 Å². The largest absolute Gasteiger partial charge is 0.364 e. The first-order valence-corrected chi connectivity index (χ1v) is 9.52. The van der Waals surface area contributed by atoms with Crippen molar-refractivity contribution >= 4 is 23.2 Å². The molecule has 2 atom stereocenters. The van der Waals surface area contributed by atoms with E-state index >= 15 is 0 Å². The van der Waals surface area contributed by atoms with Crippen LogP contribution in [0.2, 0.25) is 0 Å². The van der Waals surface area contributed by atoms with Crippen molar-refractivity contribution in [3.8, 4) is 0 Å². The van der Waals surface area contributed by atoms with Gasteiger partial charge in [0.2, 0.25) is 0 Å². The molecule has 0 aliphatic heterocycles. The summed E-state index contributed by atoms with van der Waals surface area (Å²) in [6, 6.07) is 4.18. The number of carbonyl (C=O) groups excluding carboxylic acids is 1. The number of rotatable bonds is 6. The van der Waals surface area contributed by atoms with Gasteiger partial charge < -0.3 is 22.1 Å². The Hall–Kier alpha value is -2.74. The Morgan fingerprint density at radius 1 is 1.07 bits per heavy atom. The van der Waals surface area contributed by atoms with Gasteiger partial charge in [0.1, 0.15) is 5.82 Å². The summed E-state index contributed by atoms with van der Waals surface area (Å²) in [6.07, 6.45) is 9.97. The molecule has 2 aliphatic rings. The maximum Gasteiger partial charge on any atom is 0.271 e. The van der Waals surface area contributed by atoms with E-state index < -0.39 is 5.91 Å². The fourth-order valence-corrected chi connectivity index (χ4v) is 3.49. The van der Waals surface area contributed by atoms with Gasteiger partial charge in [-0.3, -0.25) is 9.78 Å². The van der Waals surface area contributed by atoms with Gasteiger partial charge >= 0.3 is 0 Å². The summed E-state index contributed by atoms with van der Waals surface area (Å²) in [7, 11) is 0. The lowest BCUT2D eigenvalue weighted by molar-refractivity contribution is 0.0996. The van der Waals surface area contributed by atoms with E-state index in [1.54, 1.807) is 6.20 Å². The van der Waals surface area contributed by atoms with Crippen molar-refractivity contribution in [1.29, 1.82) is 0 Å². The first kappa shape index (κ1) is 17.7. The molecule has 0 radical (unpaired) electrons. The molecule has 2 fully saturated rings. The Balaban J connectivity index is 1.54. The van der Waals surface area contributed by atoms with Gasteiger partial charge in [-0.05, 0) is 37.8 Å². The summed E-state index contributed by atoms with van der Waals surface area (Å²) >= 11 is 0. The molecule has 2 aromatic heterocycles. The fraction of sp³-hybridized carbons (Fsp3) is 0.474. The number of hydrogen-bond acceptors (Lipinski definition) is 7. The van der Waals surface area contributed by atoms with E-state index in [9.17, 15) is 4.79 Å². The van der Waals surface area contributed by atoms with Crippen molar-refractivity contribution in [1.82, 2.24) is 15.0 Å². The minimum absolute atomic E-state index is 0.0898. The number of pyridine rings is 1. The van der Waals surface area contributed by atoms with Gasteiger partial charge in [0, 0.05) is 23.7 Å². The lowest BCUT2D eigenvalue weighted by atomic mass is 9.91. The summed E-state index contributed by atoms with van der Waals surface area (Å²) in [4.78, 5) is 24.9. The number of nitrogens with zero attached hydrogens (tertiary/aromatic N) is 3. The molecule has 2 saturated carbocycles. The predicted molar refractivity (Wildman–Crippen MR) is 104 cm³/mol. The standard InChI is InChI=1S/C19H25N7O/c20-13-3-1-2-4-15(13)25-16-10-23-17(18(21)27)19(26-16)24-12-7-8-14(22-9-12)11-5-6-11/h7-11,13,15H,1-6,20H2,(H2,21,27)(H2,24,25,26). The number of anilines is 3. The Bertz CT molecular complexity index is 819. The molecule has 6 N–H and O–H groups in total. The second-order valence-electron chi connectivity index (χ2n) is 7.39. The minimum Gasteiger partial charge on any atom is -0.364 e. The summed E-state index contributed by atoms with van der Waals surface area (Å²) < 4.78 is 0. The number of nitrogens with one attached hydrogen (secondary N) is 2. The zero-order valence-electron chi connectivity index (χ0n) is 15.2. The van der Waals surface area contributed by atoms with Crippen LogP contribution >= 0.6 is 0 Å². The summed E-state index contributed by atoms with van der Waals surface area (Å²) in [5.41, 5.74) is 13.6. The Kier molecular flexibility index (Phi) is 4.89. The van der Waals surface area contributed by atoms with Crippen LogP contribution in [0.25, 0.3) is 0 Å². The van der Waals surface area contributed by atoms with E-state index in [-0.39, 0.29) is 17.8 Å². The molecule has 8 nitrogen and oxygen atoms in total. The Morgan fingerprint density at radius 3 is 2.56 bits per heavy atom. The van der Waals surface area contributed by atoms with Crippen LogP contribution in [-0.2, 0) is 0 Å². The Labute approximate surface area is 158 Å². The molecule has 27 heavy (non-hydrogen) atoms. The Morgan fingerprint density at radius 2 is 1.89 bits per heavy atom. The summed E-state index contributed by atoms with van der Waals surface area (Å²) in [5, 5.41) is 6.47. The van der Waals surface area contributed by atoms with Crippen LogP contribution in [0, 0.1) is 0 Å². The number of aromatic nitrogens is 3. The molecule has 0 saturated heterocycles. The number of primary amides is 1. The lowest BCUT2D eigenvalue weighted by Gasteiger charge is -2.29. The molecule has 0 bridgehead atoms.